The number of benzene rings is 1. The van der Waals surface area contributed by atoms with Gasteiger partial charge in [-0.15, -0.1) is 0 Å². The molecule has 1 aromatic rings. The molecule has 0 aliphatic carbocycles. The Morgan fingerprint density at radius 2 is 2.40 bits per heavy atom. The Bertz CT molecular complexity index is 471. The van der Waals surface area contributed by atoms with E-state index in [4.69, 9.17) is 25.1 Å². The lowest BCUT2D eigenvalue weighted by Gasteiger charge is -2.21. The Morgan fingerprint density at radius 1 is 1.60 bits per heavy atom. The summed E-state index contributed by atoms with van der Waals surface area (Å²) in [6.45, 7) is 1.18. The maximum absolute atomic E-state index is 10.8. The molecule has 0 amide bonds. The minimum Gasteiger partial charge on any atom is -0.493 e. The van der Waals surface area contributed by atoms with Crippen molar-refractivity contribution in [3.05, 3.63) is 23.8 Å². The van der Waals surface area contributed by atoms with Crippen molar-refractivity contribution in [3.8, 4) is 11.5 Å². The molecule has 1 aromatic carbocycles. The van der Waals surface area contributed by atoms with Crippen LogP contribution in [0.25, 0.3) is 0 Å². The molecule has 0 saturated carbocycles. The zero-order valence-electron chi connectivity index (χ0n) is 11.4. The Hall–Kier alpha value is -1.79. The summed E-state index contributed by atoms with van der Waals surface area (Å²) < 4.78 is 16.5. The highest BCUT2D eigenvalue weighted by atomic mass is 16.6. The minimum atomic E-state index is -0.949. The summed E-state index contributed by atoms with van der Waals surface area (Å²) >= 11 is 0. The lowest BCUT2D eigenvalue weighted by molar-refractivity contribution is -0.137. The standard InChI is InChI=1S/C14H19NO5/c1-18-12-4-2-3-10(11(15)7-13(16)17)14(12)20-9-5-6-19-8-9/h2-4,9,11H,5-8,15H2,1H3,(H,16,17). The predicted molar refractivity (Wildman–Crippen MR) is 72.0 cm³/mol. The van der Waals surface area contributed by atoms with Gasteiger partial charge in [-0.2, -0.15) is 0 Å². The summed E-state index contributed by atoms with van der Waals surface area (Å²) in [5.41, 5.74) is 6.58. The third-order valence-electron chi connectivity index (χ3n) is 3.20. The Labute approximate surface area is 117 Å². The number of carbonyl (C=O) groups is 1. The van der Waals surface area contributed by atoms with E-state index >= 15 is 0 Å². The van der Waals surface area contributed by atoms with Crippen LogP contribution in [0.1, 0.15) is 24.4 Å². The first-order chi connectivity index (χ1) is 9.61. The predicted octanol–water partition coefficient (Wildman–Crippen LogP) is 1.34. The Kier molecular flexibility index (Phi) is 4.81. The van der Waals surface area contributed by atoms with Crippen LogP contribution in [0.15, 0.2) is 18.2 Å². The molecule has 20 heavy (non-hydrogen) atoms. The first-order valence-electron chi connectivity index (χ1n) is 6.50. The van der Waals surface area contributed by atoms with Gasteiger partial charge < -0.3 is 25.1 Å². The Morgan fingerprint density at radius 3 is 3.00 bits per heavy atom. The first kappa shape index (κ1) is 14.6. The number of carboxylic acids is 1. The lowest BCUT2D eigenvalue weighted by Crippen LogP contribution is -2.21. The second-order valence-corrected chi connectivity index (χ2v) is 4.69. The molecular weight excluding hydrogens is 262 g/mol. The molecule has 0 radical (unpaired) electrons. The largest absolute Gasteiger partial charge is 0.493 e. The Balaban J connectivity index is 2.26. The zero-order valence-corrected chi connectivity index (χ0v) is 11.4. The average molecular weight is 281 g/mol. The van der Waals surface area contributed by atoms with Gasteiger partial charge in [-0.25, -0.2) is 0 Å². The molecule has 1 saturated heterocycles. The van der Waals surface area contributed by atoms with Gasteiger partial charge in [0.05, 0.1) is 26.7 Å². The molecular formula is C14H19NO5. The van der Waals surface area contributed by atoms with Crippen molar-refractivity contribution in [3.63, 3.8) is 0 Å². The van der Waals surface area contributed by atoms with Crippen molar-refractivity contribution in [2.75, 3.05) is 20.3 Å². The SMILES string of the molecule is COc1cccc(C(N)CC(=O)O)c1OC1CCOC1. The van der Waals surface area contributed by atoms with Gasteiger partial charge in [0.2, 0.25) is 0 Å². The summed E-state index contributed by atoms with van der Waals surface area (Å²) in [7, 11) is 1.54. The summed E-state index contributed by atoms with van der Waals surface area (Å²) in [5, 5.41) is 8.87. The molecule has 3 N–H and O–H groups in total. The smallest absolute Gasteiger partial charge is 0.305 e. The van der Waals surface area contributed by atoms with Crippen LogP contribution in [0, 0.1) is 0 Å². The summed E-state index contributed by atoms with van der Waals surface area (Å²) in [4.78, 5) is 10.8. The topological polar surface area (TPSA) is 91.0 Å². The minimum absolute atomic E-state index is 0.0536. The molecule has 1 aliphatic heterocycles. The van der Waals surface area contributed by atoms with Gasteiger partial charge in [0.25, 0.3) is 0 Å². The molecule has 1 aliphatic rings. The van der Waals surface area contributed by atoms with Crippen LogP contribution in [0.2, 0.25) is 0 Å². The van der Waals surface area contributed by atoms with Gasteiger partial charge in [-0.1, -0.05) is 12.1 Å². The van der Waals surface area contributed by atoms with E-state index in [2.05, 4.69) is 0 Å². The van der Waals surface area contributed by atoms with Crippen LogP contribution in [0.5, 0.6) is 11.5 Å². The van der Waals surface area contributed by atoms with Crippen LogP contribution in [-0.4, -0.2) is 37.5 Å². The summed E-state index contributed by atoms with van der Waals surface area (Å²) in [6, 6.07) is 4.66. The van der Waals surface area contributed by atoms with Crippen LogP contribution in [-0.2, 0) is 9.53 Å². The van der Waals surface area contributed by atoms with E-state index in [-0.39, 0.29) is 12.5 Å². The molecule has 110 valence electrons. The van der Waals surface area contributed by atoms with E-state index in [1.807, 2.05) is 0 Å². The maximum atomic E-state index is 10.8. The van der Waals surface area contributed by atoms with Crippen LogP contribution in [0.4, 0.5) is 0 Å². The van der Waals surface area contributed by atoms with Gasteiger partial charge in [-0.3, -0.25) is 4.79 Å². The molecule has 2 atom stereocenters. The number of hydrogen-bond acceptors (Lipinski definition) is 5. The molecule has 0 spiro atoms. The number of hydrogen-bond donors (Lipinski definition) is 2. The van der Waals surface area contributed by atoms with Crippen molar-refractivity contribution in [2.24, 2.45) is 5.73 Å². The highest BCUT2D eigenvalue weighted by Gasteiger charge is 2.24. The fourth-order valence-electron chi connectivity index (χ4n) is 2.18. The molecule has 6 nitrogen and oxygen atoms in total. The third-order valence-corrected chi connectivity index (χ3v) is 3.20. The summed E-state index contributed by atoms with van der Waals surface area (Å²) in [5.74, 6) is 0.116. The fourth-order valence-corrected chi connectivity index (χ4v) is 2.18. The normalized spacial score (nSPS) is 19.6. The van der Waals surface area contributed by atoms with Gasteiger partial charge >= 0.3 is 5.97 Å². The van der Waals surface area contributed by atoms with Crippen molar-refractivity contribution in [1.29, 1.82) is 0 Å². The molecule has 2 unspecified atom stereocenters. The van der Waals surface area contributed by atoms with E-state index in [1.165, 1.54) is 0 Å². The molecule has 0 aromatic heterocycles. The van der Waals surface area contributed by atoms with Crippen molar-refractivity contribution < 1.29 is 24.1 Å². The number of para-hydroxylation sites is 1. The van der Waals surface area contributed by atoms with Crippen LogP contribution < -0.4 is 15.2 Å². The van der Waals surface area contributed by atoms with Gasteiger partial charge in [0.15, 0.2) is 11.5 Å². The van der Waals surface area contributed by atoms with Gasteiger partial charge in [0, 0.05) is 18.0 Å². The second-order valence-electron chi connectivity index (χ2n) is 4.69. The number of aliphatic carboxylic acids is 1. The molecule has 2 rings (SSSR count). The van der Waals surface area contributed by atoms with E-state index in [1.54, 1.807) is 25.3 Å². The maximum Gasteiger partial charge on any atom is 0.305 e. The first-order valence-corrected chi connectivity index (χ1v) is 6.50. The monoisotopic (exact) mass is 281 g/mol. The van der Waals surface area contributed by atoms with E-state index in [0.717, 1.165) is 6.42 Å². The second kappa shape index (κ2) is 6.58. The highest BCUT2D eigenvalue weighted by molar-refractivity contribution is 5.68. The molecule has 1 fully saturated rings. The average Bonchev–Trinajstić information content (AvgIpc) is 2.91. The van der Waals surface area contributed by atoms with E-state index < -0.39 is 12.0 Å². The van der Waals surface area contributed by atoms with E-state index in [0.29, 0.717) is 30.3 Å². The third kappa shape index (κ3) is 3.40. The zero-order chi connectivity index (χ0) is 14.5. The van der Waals surface area contributed by atoms with Crippen molar-refractivity contribution >= 4 is 5.97 Å². The molecule has 6 heteroatoms. The lowest BCUT2D eigenvalue weighted by atomic mass is 10.0. The van der Waals surface area contributed by atoms with Crippen LogP contribution >= 0.6 is 0 Å². The van der Waals surface area contributed by atoms with Crippen molar-refractivity contribution in [2.45, 2.75) is 25.0 Å². The highest BCUT2D eigenvalue weighted by Crippen LogP contribution is 2.36. The quantitative estimate of drug-likeness (QED) is 0.817. The van der Waals surface area contributed by atoms with Crippen molar-refractivity contribution in [1.82, 2.24) is 0 Å². The summed E-state index contributed by atoms with van der Waals surface area (Å²) in [6.07, 6.45) is 0.582. The molecule has 1 heterocycles. The molecule has 0 bridgehead atoms. The van der Waals surface area contributed by atoms with Gasteiger partial charge in [0.1, 0.15) is 6.10 Å². The number of ether oxygens (including phenoxy) is 3. The van der Waals surface area contributed by atoms with E-state index in [9.17, 15) is 4.79 Å². The fraction of sp³-hybridized carbons (Fsp3) is 0.500. The number of methoxy groups -OCH3 is 1. The number of rotatable bonds is 6. The van der Waals surface area contributed by atoms with Crippen LogP contribution in [0.3, 0.4) is 0 Å². The van der Waals surface area contributed by atoms with Gasteiger partial charge in [-0.05, 0) is 6.07 Å². The number of nitrogens with two attached hydrogens (primary N) is 1. The number of carboxylic acid groups (broad SMARTS) is 1.